The minimum Gasteiger partial charge on any atom is -0.495 e. The minimum atomic E-state index is -2.85. The number of ether oxygens (including phenoxy) is 2. The molecule has 12 heteroatoms. The average Bonchev–Trinajstić information content (AvgIpc) is 3.47. The van der Waals surface area contributed by atoms with Gasteiger partial charge >= 0.3 is 0 Å². The average molecular weight is 468 g/mol. The molecule has 8 nitrogen and oxygen atoms in total. The maximum absolute atomic E-state index is 13.2. The fourth-order valence-electron chi connectivity index (χ4n) is 3.23. The van der Waals surface area contributed by atoms with Gasteiger partial charge in [0.2, 0.25) is 0 Å². The van der Waals surface area contributed by atoms with Crippen LogP contribution in [0, 0.1) is 0 Å². The Morgan fingerprint density at radius 2 is 2.16 bits per heavy atom. The van der Waals surface area contributed by atoms with Crippen LogP contribution >= 0.6 is 23.1 Å². The Balaban J connectivity index is 1.57. The zero-order chi connectivity index (χ0) is 22.0. The largest absolute Gasteiger partial charge is 0.495 e. The lowest BCUT2D eigenvalue weighted by Gasteiger charge is -2.23. The van der Waals surface area contributed by atoms with Crippen LogP contribution in [0.1, 0.15) is 33.3 Å². The predicted octanol–water partition coefficient (Wildman–Crippen LogP) is 3.24. The molecule has 0 aliphatic carbocycles. The van der Waals surface area contributed by atoms with E-state index in [4.69, 9.17) is 9.47 Å². The van der Waals surface area contributed by atoms with Gasteiger partial charge in [-0.05, 0) is 19.0 Å². The van der Waals surface area contributed by atoms with E-state index in [9.17, 15) is 13.6 Å². The molecular weight excluding hydrogens is 448 g/mol. The lowest BCUT2D eigenvalue weighted by atomic mass is 10.0. The molecule has 1 saturated heterocycles. The first kappa shape index (κ1) is 21.9. The summed E-state index contributed by atoms with van der Waals surface area (Å²) in [5.74, 6) is -0.356. The fourth-order valence-corrected chi connectivity index (χ4v) is 5.26. The van der Waals surface area contributed by atoms with Crippen molar-refractivity contribution in [3.8, 4) is 5.75 Å². The van der Waals surface area contributed by atoms with Gasteiger partial charge in [-0.1, -0.05) is 11.8 Å². The van der Waals surface area contributed by atoms with Crippen LogP contribution in [-0.4, -0.2) is 58.8 Å². The number of hydrogen-bond donors (Lipinski definition) is 1. The van der Waals surface area contributed by atoms with Gasteiger partial charge < -0.3 is 14.8 Å². The molecule has 1 fully saturated rings. The second-order valence-electron chi connectivity index (χ2n) is 6.80. The lowest BCUT2D eigenvalue weighted by molar-refractivity contribution is 0.00308. The van der Waals surface area contributed by atoms with Crippen molar-refractivity contribution < 1.29 is 23.0 Å². The molecule has 0 spiro atoms. The smallest absolute Gasteiger partial charge is 0.297 e. The summed E-state index contributed by atoms with van der Waals surface area (Å²) in [4.78, 5) is 29.5. The highest BCUT2D eigenvalue weighted by atomic mass is 32.2. The van der Waals surface area contributed by atoms with Gasteiger partial charge in [0.1, 0.15) is 21.4 Å². The van der Waals surface area contributed by atoms with E-state index >= 15 is 0 Å². The first-order chi connectivity index (χ1) is 15.0. The van der Waals surface area contributed by atoms with Crippen molar-refractivity contribution >= 4 is 39.9 Å². The first-order valence-electron chi connectivity index (χ1n) is 9.34. The number of nitrogens with zero attached hydrogens (tertiary/aromatic N) is 4. The zero-order valence-electron chi connectivity index (χ0n) is 16.7. The highest BCUT2D eigenvalue weighted by molar-refractivity contribution is 8.00. The molecule has 0 radical (unpaired) electrons. The molecule has 1 atom stereocenters. The highest BCUT2D eigenvalue weighted by Gasteiger charge is 2.38. The molecule has 0 aromatic carbocycles. The molecule has 31 heavy (non-hydrogen) atoms. The molecule has 3 aromatic rings. The van der Waals surface area contributed by atoms with Gasteiger partial charge in [0.25, 0.3) is 6.43 Å². The normalized spacial score (nSPS) is 18.7. The van der Waals surface area contributed by atoms with Crippen LogP contribution in [0.3, 0.4) is 0 Å². The van der Waals surface area contributed by atoms with Crippen LogP contribution in [0.2, 0.25) is 0 Å². The third-order valence-corrected chi connectivity index (χ3v) is 7.17. The number of alkyl halides is 2. The van der Waals surface area contributed by atoms with Gasteiger partial charge in [-0.15, -0.1) is 11.3 Å². The van der Waals surface area contributed by atoms with E-state index in [1.54, 1.807) is 13.2 Å². The number of nitrogens with one attached hydrogen (secondary N) is 1. The molecule has 1 N–H and O–H groups in total. The maximum atomic E-state index is 13.2. The summed E-state index contributed by atoms with van der Waals surface area (Å²) in [6.07, 6.45) is 0.858. The number of hydrogen-bond acceptors (Lipinski definition) is 10. The van der Waals surface area contributed by atoms with Crippen molar-refractivity contribution in [3.05, 3.63) is 34.2 Å². The van der Waals surface area contributed by atoms with E-state index in [0.717, 1.165) is 29.7 Å². The van der Waals surface area contributed by atoms with Crippen LogP contribution in [0.4, 0.5) is 8.78 Å². The molecule has 4 rings (SSSR count). The fraction of sp³-hybridized carbons (Fsp3) is 0.421. The number of thioether (sulfide) groups is 1. The van der Waals surface area contributed by atoms with Crippen molar-refractivity contribution in [1.29, 1.82) is 0 Å². The molecule has 1 aliphatic heterocycles. The van der Waals surface area contributed by atoms with E-state index in [-0.39, 0.29) is 22.2 Å². The molecular formula is C19H19F2N5O3S2. The van der Waals surface area contributed by atoms with Crippen LogP contribution in [0.15, 0.2) is 23.5 Å². The monoisotopic (exact) mass is 467 g/mol. The van der Waals surface area contributed by atoms with Crippen LogP contribution < -0.4 is 10.1 Å². The molecule has 164 valence electrons. The SMILES string of the molecule is COc1cnc2nc(C(F)F)nc(SCC(=O)c3cnc(C4(OC)CCNC4)s3)c2c1. The molecule has 3 aromatic heterocycles. The minimum absolute atomic E-state index is 0.00582. The van der Waals surface area contributed by atoms with Crippen molar-refractivity contribution in [3.63, 3.8) is 0 Å². The van der Waals surface area contributed by atoms with Crippen molar-refractivity contribution in [2.75, 3.05) is 33.1 Å². The van der Waals surface area contributed by atoms with Gasteiger partial charge in [-0.25, -0.2) is 28.7 Å². The van der Waals surface area contributed by atoms with Crippen LogP contribution in [-0.2, 0) is 10.3 Å². The van der Waals surface area contributed by atoms with Gasteiger partial charge in [-0.2, -0.15) is 0 Å². The molecule has 0 bridgehead atoms. The summed E-state index contributed by atoms with van der Waals surface area (Å²) in [7, 11) is 3.11. The molecule has 0 amide bonds. The van der Waals surface area contributed by atoms with E-state index < -0.39 is 17.9 Å². The second kappa shape index (κ2) is 9.07. The number of pyridine rings is 1. The molecule has 1 aliphatic rings. The van der Waals surface area contributed by atoms with Gasteiger partial charge in [0, 0.05) is 19.9 Å². The number of aromatic nitrogens is 4. The van der Waals surface area contributed by atoms with E-state index in [2.05, 4.69) is 25.3 Å². The number of fused-ring (bicyclic) bond motifs is 1. The topological polar surface area (TPSA) is 99.1 Å². The summed E-state index contributed by atoms with van der Waals surface area (Å²) in [5, 5.41) is 4.69. The van der Waals surface area contributed by atoms with E-state index in [1.807, 2.05) is 0 Å². The summed E-state index contributed by atoms with van der Waals surface area (Å²) < 4.78 is 37.3. The van der Waals surface area contributed by atoms with Gasteiger partial charge in [0.05, 0.1) is 29.3 Å². The highest BCUT2D eigenvalue weighted by Crippen LogP contribution is 2.35. The standard InChI is InChI=1S/C19H19F2N5O3S2/c1-28-10-5-11-15(23-6-10)25-16(14(20)21)26-17(11)30-8-12(27)13-7-24-18(31-13)19(29-2)3-4-22-9-19/h5-7,14,22H,3-4,8-9H2,1-2H3. The third kappa shape index (κ3) is 4.38. The Morgan fingerprint density at radius 1 is 1.32 bits per heavy atom. The summed E-state index contributed by atoms with van der Waals surface area (Å²) in [6, 6.07) is 1.62. The summed E-state index contributed by atoms with van der Waals surface area (Å²) >= 11 is 2.35. The molecule has 4 heterocycles. The number of thiazole rings is 1. The number of ketones is 1. The number of rotatable bonds is 8. The Labute approximate surface area is 184 Å². The second-order valence-corrected chi connectivity index (χ2v) is 8.80. The number of methoxy groups -OCH3 is 2. The summed E-state index contributed by atoms with van der Waals surface area (Å²) in [5.41, 5.74) is -0.398. The third-order valence-electron chi connectivity index (χ3n) is 4.96. The first-order valence-corrected chi connectivity index (χ1v) is 11.1. The number of halogens is 2. The van der Waals surface area contributed by atoms with E-state index in [0.29, 0.717) is 22.6 Å². The van der Waals surface area contributed by atoms with E-state index in [1.165, 1.54) is 30.8 Å². The van der Waals surface area contributed by atoms with Crippen LogP contribution in [0.5, 0.6) is 5.75 Å². The Hall–Kier alpha value is -2.28. The predicted molar refractivity (Wildman–Crippen MR) is 112 cm³/mol. The van der Waals surface area contributed by atoms with Gasteiger partial charge in [-0.3, -0.25) is 4.79 Å². The quantitative estimate of drug-likeness (QED) is 0.304. The Morgan fingerprint density at radius 3 is 2.84 bits per heavy atom. The maximum Gasteiger partial charge on any atom is 0.297 e. The molecule has 1 unspecified atom stereocenters. The number of carbonyl (C=O) groups is 1. The summed E-state index contributed by atoms with van der Waals surface area (Å²) in [6.45, 7) is 1.45. The van der Waals surface area contributed by atoms with Crippen molar-refractivity contribution in [1.82, 2.24) is 25.3 Å². The Kier molecular flexibility index (Phi) is 6.42. The Bertz CT molecular complexity index is 1110. The lowest BCUT2D eigenvalue weighted by Crippen LogP contribution is -2.30. The number of carbonyl (C=O) groups excluding carboxylic acids is 1. The van der Waals surface area contributed by atoms with Crippen molar-refractivity contribution in [2.24, 2.45) is 0 Å². The zero-order valence-corrected chi connectivity index (χ0v) is 18.4. The van der Waals surface area contributed by atoms with Gasteiger partial charge in [0.15, 0.2) is 17.3 Å². The molecule has 0 saturated carbocycles. The number of Topliss-reactive ketones (excluding diaryl/α,β-unsaturated/α-hetero) is 1. The van der Waals surface area contributed by atoms with Crippen LogP contribution in [0.25, 0.3) is 11.0 Å². The van der Waals surface area contributed by atoms with Crippen molar-refractivity contribution in [2.45, 2.75) is 23.5 Å².